The van der Waals surface area contributed by atoms with Crippen LogP contribution in [-0.2, 0) is 9.53 Å². The Morgan fingerprint density at radius 2 is 2.00 bits per heavy atom. The zero-order valence-corrected chi connectivity index (χ0v) is 9.52. The normalized spacial score (nSPS) is 18.4. The summed E-state index contributed by atoms with van der Waals surface area (Å²) in [4.78, 5) is 21.7. The average molecular weight is 246 g/mol. The van der Waals surface area contributed by atoms with E-state index in [4.69, 9.17) is 14.9 Å². The van der Waals surface area contributed by atoms with Crippen LogP contribution in [0.25, 0.3) is 0 Å². The maximum absolute atomic E-state index is 11.4. The fourth-order valence-corrected chi connectivity index (χ4v) is 1.52. The first-order chi connectivity index (χ1) is 8.09. The second-order valence-electron chi connectivity index (χ2n) is 3.93. The van der Waals surface area contributed by atoms with Gasteiger partial charge in [0.05, 0.1) is 0 Å². The van der Waals surface area contributed by atoms with Gasteiger partial charge < -0.3 is 25.6 Å². The molecular weight excluding hydrogens is 228 g/mol. The molecule has 1 unspecified atom stereocenters. The fraction of sp³-hybridized carbons (Fsp3) is 0.800. The first-order valence-electron chi connectivity index (χ1n) is 5.62. The van der Waals surface area contributed by atoms with Crippen LogP contribution in [0.5, 0.6) is 0 Å². The summed E-state index contributed by atoms with van der Waals surface area (Å²) in [5.41, 5.74) is 0. The summed E-state index contributed by atoms with van der Waals surface area (Å²) in [5.74, 6) is -1.28. The Morgan fingerprint density at radius 1 is 1.35 bits per heavy atom. The van der Waals surface area contributed by atoms with Gasteiger partial charge in [-0.25, -0.2) is 9.59 Å². The van der Waals surface area contributed by atoms with Crippen LogP contribution in [0.2, 0.25) is 0 Å². The fourth-order valence-electron chi connectivity index (χ4n) is 1.52. The summed E-state index contributed by atoms with van der Waals surface area (Å²) in [6.45, 7) is 1.41. The second kappa shape index (κ2) is 7.08. The maximum atomic E-state index is 11.4. The molecule has 7 nitrogen and oxygen atoms in total. The summed E-state index contributed by atoms with van der Waals surface area (Å²) in [7, 11) is 0. The average Bonchev–Trinajstić information content (AvgIpc) is 2.30. The summed E-state index contributed by atoms with van der Waals surface area (Å²) in [5, 5.41) is 22.7. The first-order valence-corrected chi connectivity index (χ1v) is 5.62. The van der Waals surface area contributed by atoms with Gasteiger partial charge in [-0.1, -0.05) is 0 Å². The quantitative estimate of drug-likeness (QED) is 0.513. The highest BCUT2D eigenvalue weighted by Gasteiger charge is 2.16. The van der Waals surface area contributed by atoms with E-state index in [-0.39, 0.29) is 25.0 Å². The van der Waals surface area contributed by atoms with Crippen molar-refractivity contribution in [3.63, 3.8) is 0 Å². The molecule has 1 saturated heterocycles. The van der Waals surface area contributed by atoms with E-state index in [1.165, 1.54) is 0 Å². The van der Waals surface area contributed by atoms with Gasteiger partial charge in [0.15, 0.2) is 6.10 Å². The van der Waals surface area contributed by atoms with E-state index in [0.29, 0.717) is 13.2 Å². The van der Waals surface area contributed by atoms with Crippen LogP contribution in [0.1, 0.15) is 19.3 Å². The second-order valence-corrected chi connectivity index (χ2v) is 3.93. The highest BCUT2D eigenvalue weighted by atomic mass is 16.5. The molecule has 1 fully saturated rings. The van der Waals surface area contributed by atoms with Crippen molar-refractivity contribution >= 4 is 12.0 Å². The van der Waals surface area contributed by atoms with E-state index in [1.807, 2.05) is 0 Å². The molecule has 0 spiro atoms. The molecule has 1 heterocycles. The van der Waals surface area contributed by atoms with Crippen molar-refractivity contribution in [2.75, 3.05) is 19.8 Å². The predicted molar refractivity (Wildman–Crippen MR) is 58.6 cm³/mol. The minimum absolute atomic E-state index is 0.00344. The van der Waals surface area contributed by atoms with Crippen LogP contribution >= 0.6 is 0 Å². The number of rotatable bonds is 5. The summed E-state index contributed by atoms with van der Waals surface area (Å²) >= 11 is 0. The van der Waals surface area contributed by atoms with Gasteiger partial charge in [-0.05, 0) is 12.8 Å². The number of hydrogen-bond donors (Lipinski definition) is 4. The highest BCUT2D eigenvalue weighted by Crippen LogP contribution is 2.05. The summed E-state index contributed by atoms with van der Waals surface area (Å²) in [6.07, 6.45) is 0.130. The van der Waals surface area contributed by atoms with Crippen LogP contribution < -0.4 is 10.6 Å². The van der Waals surface area contributed by atoms with Gasteiger partial charge in [-0.15, -0.1) is 0 Å². The molecule has 0 aromatic rings. The zero-order valence-electron chi connectivity index (χ0n) is 9.52. The van der Waals surface area contributed by atoms with E-state index in [9.17, 15) is 9.59 Å². The van der Waals surface area contributed by atoms with E-state index in [0.717, 1.165) is 12.8 Å². The molecule has 0 aromatic carbocycles. The lowest BCUT2D eigenvalue weighted by Gasteiger charge is -2.23. The lowest BCUT2D eigenvalue weighted by Crippen LogP contribution is -2.45. The molecule has 4 N–H and O–H groups in total. The molecule has 0 bridgehead atoms. The van der Waals surface area contributed by atoms with E-state index < -0.39 is 12.1 Å². The van der Waals surface area contributed by atoms with Crippen molar-refractivity contribution in [2.45, 2.75) is 31.4 Å². The van der Waals surface area contributed by atoms with Crippen LogP contribution in [0.4, 0.5) is 4.79 Å². The zero-order chi connectivity index (χ0) is 12.7. The molecule has 0 aromatic heterocycles. The van der Waals surface area contributed by atoms with Gasteiger partial charge in [-0.3, -0.25) is 0 Å². The third-order valence-electron chi connectivity index (χ3n) is 2.54. The van der Waals surface area contributed by atoms with Gasteiger partial charge in [-0.2, -0.15) is 0 Å². The molecule has 7 heteroatoms. The van der Waals surface area contributed by atoms with Crippen molar-refractivity contribution in [2.24, 2.45) is 0 Å². The lowest BCUT2D eigenvalue weighted by atomic mass is 10.1. The number of aliphatic hydroxyl groups is 1. The van der Waals surface area contributed by atoms with Crippen molar-refractivity contribution < 1.29 is 24.5 Å². The number of amides is 2. The van der Waals surface area contributed by atoms with Crippen LogP contribution in [0.15, 0.2) is 0 Å². The summed E-state index contributed by atoms with van der Waals surface area (Å²) in [6, 6.07) is -0.234. The Labute approximate surface area is 99.1 Å². The molecule has 98 valence electrons. The number of aliphatic carboxylic acids is 1. The van der Waals surface area contributed by atoms with Gasteiger partial charge in [0.2, 0.25) is 0 Å². The standard InChI is InChI=1S/C10H18N2O5/c13-8(9(14)15)1-4-11-10(16)12-7-2-5-17-6-3-7/h7-8,13H,1-6H2,(H,14,15)(H2,11,12,16). The molecule has 0 radical (unpaired) electrons. The molecule has 0 saturated carbocycles. The minimum Gasteiger partial charge on any atom is -0.479 e. The Kier molecular flexibility index (Phi) is 5.71. The number of ether oxygens (including phenoxy) is 1. The smallest absolute Gasteiger partial charge is 0.332 e. The van der Waals surface area contributed by atoms with Crippen molar-refractivity contribution in [3.8, 4) is 0 Å². The van der Waals surface area contributed by atoms with Crippen molar-refractivity contribution in [1.29, 1.82) is 0 Å². The number of carboxylic acid groups (broad SMARTS) is 1. The third kappa shape index (κ3) is 5.50. The number of carbonyl (C=O) groups is 2. The van der Waals surface area contributed by atoms with E-state index >= 15 is 0 Å². The molecule has 1 rings (SSSR count). The Morgan fingerprint density at radius 3 is 2.59 bits per heavy atom. The SMILES string of the molecule is O=C(NCCC(O)C(=O)O)NC1CCOCC1. The molecule has 0 aliphatic carbocycles. The number of carbonyl (C=O) groups excluding carboxylic acids is 1. The van der Waals surface area contributed by atoms with E-state index in [1.54, 1.807) is 0 Å². The maximum Gasteiger partial charge on any atom is 0.332 e. The first kappa shape index (κ1) is 13.7. The number of hydrogen-bond acceptors (Lipinski definition) is 4. The number of aliphatic hydroxyl groups excluding tert-OH is 1. The van der Waals surface area contributed by atoms with Gasteiger partial charge in [0.25, 0.3) is 0 Å². The van der Waals surface area contributed by atoms with Gasteiger partial charge in [0.1, 0.15) is 0 Å². The largest absolute Gasteiger partial charge is 0.479 e. The van der Waals surface area contributed by atoms with Crippen LogP contribution in [0.3, 0.4) is 0 Å². The van der Waals surface area contributed by atoms with Crippen LogP contribution in [0, 0.1) is 0 Å². The molecule has 2 amide bonds. The monoisotopic (exact) mass is 246 g/mol. The highest BCUT2D eigenvalue weighted by molar-refractivity contribution is 5.74. The van der Waals surface area contributed by atoms with Crippen molar-refractivity contribution in [3.05, 3.63) is 0 Å². The molecule has 17 heavy (non-hydrogen) atoms. The summed E-state index contributed by atoms with van der Waals surface area (Å²) < 4.78 is 5.15. The van der Waals surface area contributed by atoms with Crippen LogP contribution in [-0.4, -0.2) is 54.1 Å². The van der Waals surface area contributed by atoms with Gasteiger partial charge >= 0.3 is 12.0 Å². The molecule has 1 aliphatic rings. The van der Waals surface area contributed by atoms with Gasteiger partial charge in [0, 0.05) is 32.2 Å². The predicted octanol–water partition coefficient (Wildman–Crippen LogP) is -0.700. The Hall–Kier alpha value is -1.34. The Balaban J connectivity index is 2.10. The number of nitrogens with one attached hydrogen (secondary N) is 2. The molecule has 1 atom stereocenters. The van der Waals surface area contributed by atoms with Crippen molar-refractivity contribution in [1.82, 2.24) is 10.6 Å². The topological polar surface area (TPSA) is 108 Å². The number of carboxylic acids is 1. The minimum atomic E-state index is -1.43. The molecular formula is C10H18N2O5. The Bertz CT molecular complexity index is 265. The lowest BCUT2D eigenvalue weighted by molar-refractivity contribution is -0.146. The number of urea groups is 1. The third-order valence-corrected chi connectivity index (χ3v) is 2.54. The molecule has 1 aliphatic heterocycles. The van der Waals surface area contributed by atoms with E-state index in [2.05, 4.69) is 10.6 Å².